The van der Waals surface area contributed by atoms with Crippen LogP contribution in [0.1, 0.15) is 18.5 Å². The van der Waals surface area contributed by atoms with E-state index in [4.69, 9.17) is 0 Å². The first kappa shape index (κ1) is 14.8. The third kappa shape index (κ3) is 3.11. The fourth-order valence-corrected chi connectivity index (χ4v) is 2.40. The largest absolute Gasteiger partial charge is 0.507 e. The molecule has 0 aliphatic heterocycles. The van der Waals surface area contributed by atoms with Crippen molar-refractivity contribution in [3.8, 4) is 5.75 Å². The molecule has 3 heteroatoms. The highest BCUT2D eigenvalue weighted by molar-refractivity contribution is 5.89. The van der Waals surface area contributed by atoms with Gasteiger partial charge in [0.1, 0.15) is 5.75 Å². The van der Waals surface area contributed by atoms with Crippen molar-refractivity contribution in [3.05, 3.63) is 42.0 Å². The Bertz CT molecular complexity index is 580. The molecule has 0 fully saturated rings. The van der Waals surface area contributed by atoms with E-state index in [-0.39, 0.29) is 6.04 Å². The highest BCUT2D eigenvalue weighted by Gasteiger charge is 2.16. The number of rotatable bonds is 5. The van der Waals surface area contributed by atoms with E-state index < -0.39 is 0 Å². The van der Waals surface area contributed by atoms with Crippen molar-refractivity contribution in [1.29, 1.82) is 0 Å². The number of hydrogen-bond donors (Lipinski definition) is 1. The van der Waals surface area contributed by atoms with Gasteiger partial charge in [-0.05, 0) is 33.5 Å². The number of hydrogen-bond acceptors (Lipinski definition) is 3. The van der Waals surface area contributed by atoms with Crippen LogP contribution in [0, 0.1) is 0 Å². The standard InChI is InChI=1S/C17H24N2O/c1-13(19(4)12-11-18(2)3)15-10-9-14-7-5-6-8-16(14)17(15)20/h5-10,13,20H,11-12H2,1-4H3. The summed E-state index contributed by atoms with van der Waals surface area (Å²) in [6.07, 6.45) is 0. The van der Waals surface area contributed by atoms with Crippen molar-refractivity contribution in [2.45, 2.75) is 13.0 Å². The van der Waals surface area contributed by atoms with Gasteiger partial charge in [0.2, 0.25) is 0 Å². The Morgan fingerprint density at radius 2 is 1.70 bits per heavy atom. The molecule has 0 spiro atoms. The summed E-state index contributed by atoms with van der Waals surface area (Å²) in [5, 5.41) is 12.5. The highest BCUT2D eigenvalue weighted by Crippen LogP contribution is 2.34. The minimum Gasteiger partial charge on any atom is -0.507 e. The summed E-state index contributed by atoms with van der Waals surface area (Å²) >= 11 is 0. The molecule has 0 bridgehead atoms. The molecule has 0 aliphatic rings. The summed E-state index contributed by atoms with van der Waals surface area (Å²) in [6.45, 7) is 4.12. The smallest absolute Gasteiger partial charge is 0.128 e. The van der Waals surface area contributed by atoms with Crippen LogP contribution in [0.25, 0.3) is 10.8 Å². The van der Waals surface area contributed by atoms with Crippen molar-refractivity contribution in [2.24, 2.45) is 0 Å². The predicted molar refractivity (Wildman–Crippen MR) is 85.2 cm³/mol. The van der Waals surface area contributed by atoms with Crippen LogP contribution >= 0.6 is 0 Å². The normalized spacial score (nSPS) is 13.3. The summed E-state index contributed by atoms with van der Waals surface area (Å²) in [6, 6.07) is 12.3. The van der Waals surface area contributed by atoms with Gasteiger partial charge in [0.25, 0.3) is 0 Å². The molecule has 1 atom stereocenters. The molecule has 1 N–H and O–H groups in total. The second-order valence-corrected chi connectivity index (χ2v) is 5.68. The molecular weight excluding hydrogens is 248 g/mol. The van der Waals surface area contributed by atoms with E-state index in [2.05, 4.69) is 43.9 Å². The van der Waals surface area contributed by atoms with Crippen LogP contribution in [0.3, 0.4) is 0 Å². The van der Waals surface area contributed by atoms with E-state index in [1.807, 2.05) is 30.3 Å². The Labute approximate surface area is 121 Å². The minimum absolute atomic E-state index is 0.194. The lowest BCUT2D eigenvalue weighted by molar-refractivity contribution is 0.228. The van der Waals surface area contributed by atoms with Gasteiger partial charge in [-0.2, -0.15) is 0 Å². The summed E-state index contributed by atoms with van der Waals surface area (Å²) in [4.78, 5) is 4.44. The molecule has 2 aromatic carbocycles. The summed E-state index contributed by atoms with van der Waals surface area (Å²) < 4.78 is 0. The molecule has 1 unspecified atom stereocenters. The van der Waals surface area contributed by atoms with Gasteiger partial charge < -0.3 is 10.0 Å². The average molecular weight is 272 g/mol. The fraction of sp³-hybridized carbons (Fsp3) is 0.412. The number of phenolic OH excluding ortho intramolecular Hbond substituents is 1. The lowest BCUT2D eigenvalue weighted by atomic mass is 10.0. The van der Waals surface area contributed by atoms with Crippen molar-refractivity contribution in [2.75, 3.05) is 34.2 Å². The van der Waals surface area contributed by atoms with Gasteiger partial charge in [0, 0.05) is 30.1 Å². The predicted octanol–water partition coefficient (Wildman–Crippen LogP) is 3.10. The van der Waals surface area contributed by atoms with E-state index in [0.717, 1.165) is 29.4 Å². The van der Waals surface area contributed by atoms with Crippen LogP contribution in [0.5, 0.6) is 5.75 Å². The first-order chi connectivity index (χ1) is 9.50. The van der Waals surface area contributed by atoms with Crippen molar-refractivity contribution in [3.63, 3.8) is 0 Å². The molecule has 0 saturated carbocycles. The monoisotopic (exact) mass is 272 g/mol. The number of nitrogens with zero attached hydrogens (tertiary/aromatic N) is 2. The van der Waals surface area contributed by atoms with Gasteiger partial charge in [0.05, 0.1) is 0 Å². The van der Waals surface area contributed by atoms with Crippen LogP contribution in [-0.4, -0.2) is 49.1 Å². The molecule has 2 rings (SSSR count). The molecule has 0 aliphatic carbocycles. The molecule has 2 aromatic rings. The quantitative estimate of drug-likeness (QED) is 0.906. The summed E-state index contributed by atoms with van der Waals surface area (Å²) in [5.41, 5.74) is 0.991. The van der Waals surface area contributed by atoms with Crippen LogP contribution in [-0.2, 0) is 0 Å². The Hall–Kier alpha value is -1.58. The number of aromatic hydroxyl groups is 1. The minimum atomic E-state index is 0.194. The topological polar surface area (TPSA) is 26.7 Å². The molecule has 0 amide bonds. The van der Waals surface area contributed by atoms with Crippen LogP contribution < -0.4 is 0 Å². The third-order valence-corrected chi connectivity index (χ3v) is 3.94. The van der Waals surface area contributed by atoms with Crippen molar-refractivity contribution >= 4 is 10.8 Å². The third-order valence-electron chi connectivity index (χ3n) is 3.94. The molecular formula is C17H24N2O. The summed E-state index contributed by atoms with van der Waals surface area (Å²) in [5.74, 6) is 0.410. The van der Waals surface area contributed by atoms with Crippen LogP contribution in [0.2, 0.25) is 0 Å². The van der Waals surface area contributed by atoms with Crippen LogP contribution in [0.15, 0.2) is 36.4 Å². The van der Waals surface area contributed by atoms with E-state index in [1.54, 1.807) is 0 Å². The van der Waals surface area contributed by atoms with E-state index in [0.29, 0.717) is 5.75 Å². The zero-order valence-electron chi connectivity index (χ0n) is 12.8. The van der Waals surface area contributed by atoms with Crippen molar-refractivity contribution in [1.82, 2.24) is 9.80 Å². The van der Waals surface area contributed by atoms with E-state index in [1.165, 1.54) is 0 Å². The maximum Gasteiger partial charge on any atom is 0.128 e. The van der Waals surface area contributed by atoms with E-state index in [9.17, 15) is 5.11 Å². The molecule has 0 heterocycles. The second-order valence-electron chi connectivity index (χ2n) is 5.68. The van der Waals surface area contributed by atoms with Gasteiger partial charge in [0.15, 0.2) is 0 Å². The molecule has 0 radical (unpaired) electrons. The lowest BCUT2D eigenvalue weighted by Crippen LogP contribution is -2.30. The molecule has 108 valence electrons. The Morgan fingerprint density at radius 3 is 2.40 bits per heavy atom. The molecule has 0 saturated heterocycles. The zero-order valence-corrected chi connectivity index (χ0v) is 12.8. The van der Waals surface area contributed by atoms with Gasteiger partial charge in [-0.3, -0.25) is 4.90 Å². The first-order valence-corrected chi connectivity index (χ1v) is 7.06. The fourth-order valence-electron chi connectivity index (χ4n) is 2.40. The Kier molecular flexibility index (Phi) is 4.63. The average Bonchev–Trinajstić information content (AvgIpc) is 2.44. The second kappa shape index (κ2) is 6.25. The molecule has 20 heavy (non-hydrogen) atoms. The lowest BCUT2D eigenvalue weighted by Gasteiger charge is -2.27. The van der Waals surface area contributed by atoms with E-state index >= 15 is 0 Å². The first-order valence-electron chi connectivity index (χ1n) is 7.06. The number of fused-ring (bicyclic) bond motifs is 1. The van der Waals surface area contributed by atoms with Gasteiger partial charge in [-0.15, -0.1) is 0 Å². The molecule has 3 nitrogen and oxygen atoms in total. The number of benzene rings is 2. The maximum atomic E-state index is 10.5. The van der Waals surface area contributed by atoms with Crippen molar-refractivity contribution < 1.29 is 5.11 Å². The van der Waals surface area contributed by atoms with Crippen LogP contribution in [0.4, 0.5) is 0 Å². The number of likely N-dealkylation sites (N-methyl/N-ethyl adjacent to an activating group) is 2. The van der Waals surface area contributed by atoms with Gasteiger partial charge in [-0.25, -0.2) is 0 Å². The Balaban J connectivity index is 2.25. The molecule has 0 aromatic heterocycles. The Morgan fingerprint density at radius 1 is 1.00 bits per heavy atom. The maximum absolute atomic E-state index is 10.5. The zero-order chi connectivity index (χ0) is 14.7. The number of phenols is 1. The van der Waals surface area contributed by atoms with Gasteiger partial charge >= 0.3 is 0 Å². The van der Waals surface area contributed by atoms with Gasteiger partial charge in [-0.1, -0.05) is 36.4 Å². The summed E-state index contributed by atoms with van der Waals surface area (Å²) in [7, 11) is 6.25. The highest BCUT2D eigenvalue weighted by atomic mass is 16.3. The SMILES string of the molecule is CC(c1ccc2ccccc2c1O)N(C)CCN(C)C.